The second-order valence-corrected chi connectivity index (χ2v) is 7.32. The summed E-state index contributed by atoms with van der Waals surface area (Å²) in [5.74, 6) is 0.823. The Bertz CT molecular complexity index is 907. The van der Waals surface area contributed by atoms with Crippen LogP contribution in [-0.4, -0.2) is 46.1 Å². The lowest BCUT2D eigenvalue weighted by Gasteiger charge is -2.34. The molecule has 0 saturated carbocycles. The third-order valence-electron chi connectivity index (χ3n) is 5.49. The van der Waals surface area contributed by atoms with Gasteiger partial charge in [0.1, 0.15) is 5.75 Å². The molecule has 4 rings (SSSR count). The number of rotatable bonds is 6. The van der Waals surface area contributed by atoms with Crippen LogP contribution in [-0.2, 0) is 6.54 Å². The van der Waals surface area contributed by atoms with Gasteiger partial charge >= 0.3 is 0 Å². The Morgan fingerprint density at radius 3 is 2.75 bits per heavy atom. The first-order valence-electron chi connectivity index (χ1n) is 9.92. The number of ether oxygens (including phenoxy) is 1. The Balaban J connectivity index is 1.73. The molecular formula is C23H27N3O2. The van der Waals surface area contributed by atoms with Crippen LogP contribution in [0.1, 0.15) is 24.8 Å². The molecule has 1 aromatic heterocycles. The number of aliphatic hydroxyl groups is 1. The van der Waals surface area contributed by atoms with Gasteiger partial charge in [-0.3, -0.25) is 4.90 Å². The molecule has 2 heterocycles. The van der Waals surface area contributed by atoms with Gasteiger partial charge < -0.3 is 9.84 Å². The molecule has 0 aliphatic carbocycles. The molecule has 1 aliphatic rings. The summed E-state index contributed by atoms with van der Waals surface area (Å²) in [5.41, 5.74) is 4.21. The lowest BCUT2D eigenvalue weighted by molar-refractivity contribution is 0.0842. The van der Waals surface area contributed by atoms with E-state index in [0.29, 0.717) is 0 Å². The van der Waals surface area contributed by atoms with E-state index < -0.39 is 0 Å². The van der Waals surface area contributed by atoms with E-state index in [9.17, 15) is 5.11 Å². The van der Waals surface area contributed by atoms with E-state index in [2.05, 4.69) is 29.3 Å². The van der Waals surface area contributed by atoms with Gasteiger partial charge in [0.15, 0.2) is 0 Å². The highest BCUT2D eigenvalue weighted by molar-refractivity contribution is 5.65. The van der Waals surface area contributed by atoms with Crippen molar-refractivity contribution in [1.82, 2.24) is 14.7 Å². The maximum Gasteiger partial charge on any atom is 0.119 e. The molecule has 146 valence electrons. The second-order valence-electron chi connectivity index (χ2n) is 7.32. The number of methoxy groups -OCH3 is 1. The molecule has 5 nitrogen and oxygen atoms in total. The molecule has 5 heteroatoms. The Kier molecular flexibility index (Phi) is 5.74. The number of para-hydroxylation sites is 1. The molecule has 1 fully saturated rings. The largest absolute Gasteiger partial charge is 0.497 e. The van der Waals surface area contributed by atoms with Crippen LogP contribution in [0.2, 0.25) is 0 Å². The molecular weight excluding hydrogens is 350 g/mol. The third kappa shape index (κ3) is 3.96. The zero-order chi connectivity index (χ0) is 19.3. The lowest BCUT2D eigenvalue weighted by atomic mass is 10.0. The monoisotopic (exact) mass is 377 g/mol. The fourth-order valence-corrected chi connectivity index (χ4v) is 3.95. The van der Waals surface area contributed by atoms with E-state index in [0.717, 1.165) is 47.8 Å². The van der Waals surface area contributed by atoms with E-state index in [1.807, 2.05) is 41.1 Å². The van der Waals surface area contributed by atoms with Crippen LogP contribution in [0.25, 0.3) is 16.9 Å². The van der Waals surface area contributed by atoms with Crippen LogP contribution < -0.4 is 4.74 Å². The SMILES string of the molecule is COc1cccc(-c2nn(-c3ccccc3)cc2CN2CCCCC2CO)c1. The molecule has 1 saturated heterocycles. The minimum atomic E-state index is 0.210. The molecule has 0 bridgehead atoms. The van der Waals surface area contributed by atoms with Gasteiger partial charge in [-0.25, -0.2) is 4.68 Å². The van der Waals surface area contributed by atoms with Crippen molar-refractivity contribution in [2.24, 2.45) is 0 Å². The molecule has 1 atom stereocenters. The molecule has 0 amide bonds. The van der Waals surface area contributed by atoms with Crippen molar-refractivity contribution in [2.45, 2.75) is 31.8 Å². The maximum atomic E-state index is 9.80. The Morgan fingerprint density at radius 1 is 1.11 bits per heavy atom. The van der Waals surface area contributed by atoms with Gasteiger partial charge in [0.2, 0.25) is 0 Å². The number of benzene rings is 2. The fraction of sp³-hybridized carbons (Fsp3) is 0.348. The molecule has 3 aromatic rings. The van der Waals surface area contributed by atoms with Gasteiger partial charge in [0.25, 0.3) is 0 Å². The van der Waals surface area contributed by atoms with Crippen molar-refractivity contribution in [2.75, 3.05) is 20.3 Å². The lowest BCUT2D eigenvalue weighted by Crippen LogP contribution is -2.41. The van der Waals surface area contributed by atoms with E-state index in [1.54, 1.807) is 7.11 Å². The minimum Gasteiger partial charge on any atom is -0.497 e. The van der Waals surface area contributed by atoms with Crippen molar-refractivity contribution in [3.05, 3.63) is 66.4 Å². The topological polar surface area (TPSA) is 50.5 Å². The first-order valence-corrected chi connectivity index (χ1v) is 9.92. The van der Waals surface area contributed by atoms with Crippen LogP contribution in [0.3, 0.4) is 0 Å². The maximum absolute atomic E-state index is 9.80. The van der Waals surface area contributed by atoms with Gasteiger partial charge in [-0.1, -0.05) is 36.8 Å². The van der Waals surface area contributed by atoms with E-state index in [1.165, 1.54) is 12.8 Å². The molecule has 1 N–H and O–H groups in total. The number of aromatic nitrogens is 2. The Hall–Kier alpha value is -2.63. The van der Waals surface area contributed by atoms with E-state index >= 15 is 0 Å². The van der Waals surface area contributed by atoms with Crippen molar-refractivity contribution in [1.29, 1.82) is 0 Å². The van der Waals surface area contributed by atoms with Crippen LogP contribution in [0, 0.1) is 0 Å². The van der Waals surface area contributed by atoms with Gasteiger partial charge in [0.05, 0.1) is 25.1 Å². The molecule has 2 aromatic carbocycles. The summed E-state index contributed by atoms with van der Waals surface area (Å²) in [4.78, 5) is 2.39. The average molecular weight is 377 g/mol. The predicted octanol–water partition coefficient (Wildman–Crippen LogP) is 3.89. The van der Waals surface area contributed by atoms with Crippen molar-refractivity contribution < 1.29 is 9.84 Å². The number of aliphatic hydroxyl groups excluding tert-OH is 1. The van der Waals surface area contributed by atoms with Gasteiger partial charge in [-0.15, -0.1) is 0 Å². The summed E-state index contributed by atoms with van der Waals surface area (Å²) in [5, 5.41) is 14.7. The molecule has 1 aliphatic heterocycles. The van der Waals surface area contributed by atoms with Gasteiger partial charge in [-0.2, -0.15) is 5.10 Å². The summed E-state index contributed by atoms with van der Waals surface area (Å²) in [6, 6.07) is 18.4. The Morgan fingerprint density at radius 2 is 1.96 bits per heavy atom. The number of hydrogen-bond acceptors (Lipinski definition) is 4. The van der Waals surface area contributed by atoms with Gasteiger partial charge in [0, 0.05) is 29.9 Å². The van der Waals surface area contributed by atoms with Crippen molar-refractivity contribution >= 4 is 0 Å². The molecule has 0 spiro atoms. The van der Waals surface area contributed by atoms with Crippen LogP contribution in [0.5, 0.6) is 5.75 Å². The standard InChI is InChI=1S/C23H27N3O2/c1-28-22-12-7-8-18(14-22)23-19(15-25-13-6-5-11-21(25)17-27)16-26(24-23)20-9-3-2-4-10-20/h2-4,7-10,12,14,16,21,27H,5-6,11,13,15,17H2,1H3. The number of hydrogen-bond donors (Lipinski definition) is 1. The molecule has 1 unspecified atom stereocenters. The molecule has 0 radical (unpaired) electrons. The van der Waals surface area contributed by atoms with Crippen molar-refractivity contribution in [3.63, 3.8) is 0 Å². The summed E-state index contributed by atoms with van der Waals surface area (Å²) in [7, 11) is 1.68. The summed E-state index contributed by atoms with van der Waals surface area (Å²) in [6.45, 7) is 2.01. The zero-order valence-electron chi connectivity index (χ0n) is 16.3. The summed E-state index contributed by atoms with van der Waals surface area (Å²) < 4.78 is 7.36. The first-order chi connectivity index (χ1) is 13.8. The first kappa shape index (κ1) is 18.7. The highest BCUT2D eigenvalue weighted by Gasteiger charge is 2.24. The summed E-state index contributed by atoms with van der Waals surface area (Å²) in [6.07, 6.45) is 5.54. The quantitative estimate of drug-likeness (QED) is 0.708. The highest BCUT2D eigenvalue weighted by Crippen LogP contribution is 2.29. The second kappa shape index (κ2) is 8.59. The highest BCUT2D eigenvalue weighted by atomic mass is 16.5. The predicted molar refractivity (Wildman–Crippen MR) is 111 cm³/mol. The number of likely N-dealkylation sites (tertiary alicyclic amines) is 1. The number of nitrogens with zero attached hydrogens (tertiary/aromatic N) is 3. The smallest absolute Gasteiger partial charge is 0.119 e. The minimum absolute atomic E-state index is 0.210. The van der Waals surface area contributed by atoms with E-state index in [4.69, 9.17) is 9.84 Å². The summed E-state index contributed by atoms with van der Waals surface area (Å²) >= 11 is 0. The third-order valence-corrected chi connectivity index (χ3v) is 5.49. The van der Waals surface area contributed by atoms with Crippen LogP contribution >= 0.6 is 0 Å². The van der Waals surface area contributed by atoms with Crippen LogP contribution in [0.4, 0.5) is 0 Å². The van der Waals surface area contributed by atoms with Crippen molar-refractivity contribution in [3.8, 4) is 22.7 Å². The zero-order valence-corrected chi connectivity index (χ0v) is 16.3. The number of piperidine rings is 1. The Labute approximate surface area is 166 Å². The van der Waals surface area contributed by atoms with Crippen LogP contribution in [0.15, 0.2) is 60.8 Å². The van der Waals surface area contributed by atoms with Gasteiger partial charge in [-0.05, 0) is 43.7 Å². The normalized spacial score (nSPS) is 17.6. The molecule has 28 heavy (non-hydrogen) atoms. The average Bonchev–Trinajstić information content (AvgIpc) is 3.18. The fourth-order valence-electron chi connectivity index (χ4n) is 3.95. The van der Waals surface area contributed by atoms with E-state index in [-0.39, 0.29) is 12.6 Å².